The molecule has 1 atom stereocenters. The Labute approximate surface area is 99.7 Å². The van der Waals surface area contributed by atoms with Gasteiger partial charge in [-0.15, -0.1) is 0 Å². The molecule has 0 saturated carbocycles. The summed E-state index contributed by atoms with van der Waals surface area (Å²) in [6.45, 7) is 0. The van der Waals surface area contributed by atoms with E-state index in [1.165, 1.54) is 14.2 Å². The first-order valence-corrected chi connectivity index (χ1v) is 5.13. The number of ether oxygens (including phenoxy) is 1. The van der Waals surface area contributed by atoms with Crippen molar-refractivity contribution < 1.29 is 19.2 Å². The van der Waals surface area contributed by atoms with Crippen molar-refractivity contribution in [1.82, 2.24) is 5.48 Å². The van der Waals surface area contributed by atoms with Gasteiger partial charge in [0.25, 0.3) is 0 Å². The highest BCUT2D eigenvalue weighted by Crippen LogP contribution is 2.27. The maximum Gasteiger partial charge on any atom is 0.244 e. The molecule has 1 N–H and O–H groups in total. The molecule has 0 aromatic heterocycles. The predicted molar refractivity (Wildman–Crippen MR) is 61.6 cm³/mol. The minimum Gasteiger partial charge on any atom is -0.496 e. The van der Waals surface area contributed by atoms with Crippen LogP contribution < -0.4 is 10.2 Å². The molecule has 1 aromatic carbocycles. The first-order chi connectivity index (χ1) is 8.22. The van der Waals surface area contributed by atoms with Crippen LogP contribution in [0.3, 0.4) is 0 Å². The van der Waals surface area contributed by atoms with Crippen molar-refractivity contribution in [2.45, 2.75) is 12.3 Å². The zero-order valence-electron chi connectivity index (χ0n) is 9.80. The number of benzene rings is 1. The second kappa shape index (κ2) is 6.65. The lowest BCUT2D eigenvalue weighted by Crippen LogP contribution is -2.24. The van der Waals surface area contributed by atoms with E-state index in [9.17, 15) is 9.59 Å². The van der Waals surface area contributed by atoms with Crippen LogP contribution in [-0.4, -0.2) is 26.4 Å². The topological polar surface area (TPSA) is 64.6 Å². The van der Waals surface area contributed by atoms with Crippen molar-refractivity contribution in [2.24, 2.45) is 0 Å². The number of para-hydroxylation sites is 1. The van der Waals surface area contributed by atoms with Crippen LogP contribution in [0.25, 0.3) is 0 Å². The van der Waals surface area contributed by atoms with Gasteiger partial charge in [0.2, 0.25) is 5.91 Å². The van der Waals surface area contributed by atoms with Gasteiger partial charge in [0.15, 0.2) is 0 Å². The number of hydroxylamine groups is 1. The molecule has 1 aromatic rings. The Balaban J connectivity index is 2.86. The van der Waals surface area contributed by atoms with Crippen molar-refractivity contribution in [3.05, 3.63) is 29.8 Å². The highest BCUT2D eigenvalue weighted by Gasteiger charge is 2.18. The molecule has 0 spiro atoms. The third kappa shape index (κ3) is 3.57. The summed E-state index contributed by atoms with van der Waals surface area (Å²) in [5, 5.41) is 0. The van der Waals surface area contributed by atoms with Crippen LogP contribution in [0.1, 0.15) is 17.9 Å². The second-order valence-corrected chi connectivity index (χ2v) is 3.42. The van der Waals surface area contributed by atoms with Crippen LogP contribution >= 0.6 is 0 Å². The van der Waals surface area contributed by atoms with Crippen molar-refractivity contribution in [1.29, 1.82) is 0 Å². The van der Waals surface area contributed by atoms with Gasteiger partial charge in [-0.3, -0.25) is 9.63 Å². The average Bonchev–Trinajstić information content (AvgIpc) is 2.36. The smallest absolute Gasteiger partial charge is 0.244 e. The van der Waals surface area contributed by atoms with Gasteiger partial charge in [0.05, 0.1) is 20.1 Å². The van der Waals surface area contributed by atoms with Crippen LogP contribution in [0.2, 0.25) is 0 Å². The van der Waals surface area contributed by atoms with Crippen LogP contribution in [0.4, 0.5) is 0 Å². The summed E-state index contributed by atoms with van der Waals surface area (Å²) in [4.78, 5) is 26.9. The lowest BCUT2D eigenvalue weighted by Gasteiger charge is -2.13. The second-order valence-electron chi connectivity index (χ2n) is 3.42. The lowest BCUT2D eigenvalue weighted by molar-refractivity contribution is -0.132. The molecule has 17 heavy (non-hydrogen) atoms. The fraction of sp³-hybridized carbons (Fsp3) is 0.333. The summed E-state index contributed by atoms with van der Waals surface area (Å²) < 4.78 is 5.15. The Hall–Kier alpha value is -1.88. The van der Waals surface area contributed by atoms with Gasteiger partial charge in [-0.05, 0) is 6.07 Å². The number of hydrogen-bond acceptors (Lipinski definition) is 4. The minimum atomic E-state index is -0.540. The maximum atomic E-state index is 11.3. The summed E-state index contributed by atoms with van der Waals surface area (Å²) in [5.41, 5.74) is 2.87. The quantitative estimate of drug-likeness (QED) is 0.593. The lowest BCUT2D eigenvalue weighted by atomic mass is 9.96. The van der Waals surface area contributed by atoms with Crippen LogP contribution in [-0.2, 0) is 14.4 Å². The summed E-state index contributed by atoms with van der Waals surface area (Å²) in [6.07, 6.45) is 0.755. The van der Waals surface area contributed by atoms with Gasteiger partial charge >= 0.3 is 0 Å². The molecule has 0 bridgehead atoms. The van der Waals surface area contributed by atoms with Gasteiger partial charge in [0, 0.05) is 12.0 Å². The Morgan fingerprint density at radius 3 is 2.71 bits per heavy atom. The van der Waals surface area contributed by atoms with Gasteiger partial charge in [-0.25, -0.2) is 5.48 Å². The van der Waals surface area contributed by atoms with Crippen LogP contribution in [0.15, 0.2) is 24.3 Å². The molecule has 0 heterocycles. The Kier molecular flexibility index (Phi) is 5.16. The molecule has 1 amide bonds. The molecule has 0 aliphatic rings. The molecule has 1 rings (SSSR count). The molecular formula is C12H15NO4. The van der Waals surface area contributed by atoms with Gasteiger partial charge in [-0.2, -0.15) is 0 Å². The molecule has 0 aliphatic heterocycles. The van der Waals surface area contributed by atoms with Crippen LogP contribution in [0.5, 0.6) is 5.75 Å². The van der Waals surface area contributed by atoms with E-state index < -0.39 is 5.92 Å². The number of hydrogen-bond donors (Lipinski definition) is 1. The number of methoxy groups -OCH3 is 1. The van der Waals surface area contributed by atoms with Crippen molar-refractivity contribution >= 4 is 12.2 Å². The van der Waals surface area contributed by atoms with Gasteiger partial charge in [-0.1, -0.05) is 18.2 Å². The zero-order chi connectivity index (χ0) is 12.7. The Morgan fingerprint density at radius 1 is 1.41 bits per heavy atom. The van der Waals surface area contributed by atoms with E-state index in [2.05, 4.69) is 10.3 Å². The SMILES string of the molecule is CONC(=O)CC(C=O)c1ccccc1OC. The molecule has 5 heteroatoms. The highest BCUT2D eigenvalue weighted by molar-refractivity contribution is 5.81. The normalized spacial score (nSPS) is 11.6. The monoisotopic (exact) mass is 237 g/mol. The van der Waals surface area contributed by atoms with E-state index in [1.807, 2.05) is 0 Å². The number of carbonyl (C=O) groups is 2. The summed E-state index contributed by atoms with van der Waals surface area (Å²) in [7, 11) is 2.87. The summed E-state index contributed by atoms with van der Waals surface area (Å²) in [6, 6.07) is 7.11. The van der Waals surface area contributed by atoms with Gasteiger partial charge < -0.3 is 9.53 Å². The van der Waals surface area contributed by atoms with E-state index in [1.54, 1.807) is 24.3 Å². The molecule has 0 aliphatic carbocycles. The molecule has 0 radical (unpaired) electrons. The Morgan fingerprint density at radius 2 is 2.12 bits per heavy atom. The largest absolute Gasteiger partial charge is 0.496 e. The number of rotatable bonds is 6. The fourth-order valence-corrected chi connectivity index (χ4v) is 1.56. The third-order valence-electron chi connectivity index (χ3n) is 2.32. The van der Waals surface area contributed by atoms with Crippen LogP contribution in [0, 0.1) is 0 Å². The maximum absolute atomic E-state index is 11.3. The average molecular weight is 237 g/mol. The molecule has 92 valence electrons. The van der Waals surface area contributed by atoms with E-state index in [4.69, 9.17) is 4.74 Å². The van der Waals surface area contributed by atoms with E-state index in [0.717, 1.165) is 6.29 Å². The zero-order valence-corrected chi connectivity index (χ0v) is 9.80. The standard InChI is InChI=1S/C12H15NO4/c1-16-11-6-4-3-5-10(11)9(8-14)7-12(15)13-17-2/h3-6,8-9H,7H2,1-2H3,(H,13,15). The minimum absolute atomic E-state index is 0.0255. The number of nitrogens with one attached hydrogen (secondary N) is 1. The molecule has 0 saturated heterocycles. The third-order valence-corrected chi connectivity index (χ3v) is 2.32. The number of carbonyl (C=O) groups excluding carboxylic acids is 2. The summed E-state index contributed by atoms with van der Waals surface area (Å²) in [5.74, 6) is -0.299. The van der Waals surface area contributed by atoms with Crippen molar-refractivity contribution in [3.63, 3.8) is 0 Å². The Bertz CT molecular complexity index is 392. The highest BCUT2D eigenvalue weighted by atomic mass is 16.6. The number of amides is 1. The van der Waals surface area contributed by atoms with Gasteiger partial charge in [0.1, 0.15) is 12.0 Å². The summed E-state index contributed by atoms with van der Waals surface area (Å²) >= 11 is 0. The predicted octanol–water partition coefficient (Wildman–Crippen LogP) is 1.05. The first kappa shape index (κ1) is 13.2. The van der Waals surface area contributed by atoms with E-state index in [0.29, 0.717) is 11.3 Å². The number of aldehydes is 1. The molecule has 0 fully saturated rings. The molecular weight excluding hydrogens is 222 g/mol. The molecule has 5 nitrogen and oxygen atoms in total. The van der Waals surface area contributed by atoms with Crippen molar-refractivity contribution in [2.75, 3.05) is 14.2 Å². The van der Waals surface area contributed by atoms with E-state index in [-0.39, 0.29) is 12.3 Å². The molecule has 1 unspecified atom stereocenters. The fourth-order valence-electron chi connectivity index (χ4n) is 1.56. The van der Waals surface area contributed by atoms with E-state index >= 15 is 0 Å². The first-order valence-electron chi connectivity index (χ1n) is 5.13. The van der Waals surface area contributed by atoms with Crippen molar-refractivity contribution in [3.8, 4) is 5.75 Å².